The number of hydrogen-bond acceptors (Lipinski definition) is 11. The fraction of sp³-hybridized carbons (Fsp3) is 0.512. The number of nitrogens with one attached hydrogen (secondary N) is 2. The maximum atomic E-state index is 15.1. The molecule has 6 amide bonds. The number of carboxylic acid groups (broad SMARTS) is 2. The van der Waals surface area contributed by atoms with Gasteiger partial charge in [0.2, 0.25) is 11.8 Å². The van der Waals surface area contributed by atoms with Crippen LogP contribution >= 0.6 is 0 Å². The Morgan fingerprint density at radius 3 is 1.40 bits per heavy atom. The van der Waals surface area contributed by atoms with Crippen LogP contribution in [0.25, 0.3) is 0 Å². The molecule has 0 radical (unpaired) electrons. The molecule has 0 saturated carbocycles. The van der Waals surface area contributed by atoms with Crippen LogP contribution in [0.5, 0.6) is 0 Å². The number of nitrogens with two attached hydrogens (primary N) is 2. The highest BCUT2D eigenvalue weighted by Gasteiger charge is 2.67. The smallest absolute Gasteiger partial charge is 0.411 e. The number of aryl methyl sites for hydroxylation is 1. The van der Waals surface area contributed by atoms with Crippen molar-refractivity contribution in [2.45, 2.75) is 103 Å². The van der Waals surface area contributed by atoms with Crippen LogP contribution in [0.4, 0.5) is 15.4 Å². The average molecular weight is 827 g/mol. The molecule has 17 nitrogen and oxygen atoms in total. The minimum absolute atomic E-state index is 0.195. The zero-order chi connectivity index (χ0) is 43.7. The first-order valence-corrected chi connectivity index (χ1v) is 20.3. The highest BCUT2D eigenvalue weighted by atomic mass is 16.5. The van der Waals surface area contributed by atoms with Gasteiger partial charge in [-0.15, -0.1) is 0 Å². The van der Waals surface area contributed by atoms with Crippen molar-refractivity contribution in [2.75, 3.05) is 18.0 Å². The highest BCUT2D eigenvalue weighted by molar-refractivity contribution is 6.00. The molecule has 4 bridgehead atoms. The molecule has 6 aliphatic rings. The first-order valence-electron chi connectivity index (χ1n) is 20.3. The number of fused-ring (bicyclic) bond motifs is 10. The number of benzene rings is 2. The van der Waals surface area contributed by atoms with Crippen LogP contribution in [0, 0.1) is 36.5 Å². The maximum absolute atomic E-state index is 15.1. The van der Waals surface area contributed by atoms with E-state index >= 15 is 9.59 Å². The minimum atomic E-state index is -1.84. The van der Waals surface area contributed by atoms with Gasteiger partial charge in [0.15, 0.2) is 5.82 Å². The lowest BCUT2D eigenvalue weighted by Crippen LogP contribution is -2.73. The summed E-state index contributed by atoms with van der Waals surface area (Å²) in [5.41, 5.74) is 9.19. The first kappa shape index (κ1) is 42.3. The average Bonchev–Trinajstić information content (AvgIpc) is 3.91. The highest BCUT2D eigenvalue weighted by Crippen LogP contribution is 2.57. The van der Waals surface area contributed by atoms with E-state index in [2.05, 4.69) is 15.8 Å². The summed E-state index contributed by atoms with van der Waals surface area (Å²) < 4.78 is 5.83. The zero-order valence-electron chi connectivity index (χ0n) is 34.8. The van der Waals surface area contributed by atoms with E-state index in [4.69, 9.17) is 16.0 Å². The van der Waals surface area contributed by atoms with Crippen molar-refractivity contribution in [3.05, 3.63) is 82.1 Å². The predicted octanol–water partition coefficient (Wildman–Crippen LogP) is 3.69. The molecular formula is C43H54N8O9. The van der Waals surface area contributed by atoms with Gasteiger partial charge in [0.25, 0.3) is 11.8 Å². The van der Waals surface area contributed by atoms with Crippen LogP contribution in [0.2, 0.25) is 0 Å². The second-order valence-electron chi connectivity index (χ2n) is 17.8. The molecule has 9 rings (SSSR count). The Balaban J connectivity index is 1.52. The van der Waals surface area contributed by atoms with E-state index in [-0.39, 0.29) is 25.9 Å². The summed E-state index contributed by atoms with van der Waals surface area (Å²) >= 11 is 0. The van der Waals surface area contributed by atoms with Gasteiger partial charge in [0.05, 0.1) is 12.3 Å². The van der Waals surface area contributed by atoms with Gasteiger partial charge in [0.1, 0.15) is 16.8 Å². The third-order valence-electron chi connectivity index (χ3n) is 14.3. The van der Waals surface area contributed by atoms with E-state index in [1.807, 2.05) is 45.9 Å². The van der Waals surface area contributed by atoms with Crippen molar-refractivity contribution in [2.24, 2.45) is 34.1 Å². The normalized spacial score (nSPS) is 28.2. The Morgan fingerprint density at radius 2 is 1.08 bits per heavy atom. The van der Waals surface area contributed by atoms with Gasteiger partial charge in [0, 0.05) is 41.3 Å². The number of amides is 6. The Bertz CT molecular complexity index is 2100. The number of imide groups is 2. The Kier molecular flexibility index (Phi) is 10.6. The van der Waals surface area contributed by atoms with E-state index in [0.29, 0.717) is 54.0 Å². The van der Waals surface area contributed by atoms with Gasteiger partial charge in [-0.05, 0) is 74.6 Å². The molecule has 2 aliphatic heterocycles. The van der Waals surface area contributed by atoms with Crippen molar-refractivity contribution in [3.63, 3.8) is 0 Å². The van der Waals surface area contributed by atoms with Crippen LogP contribution in [0.1, 0.15) is 87.0 Å². The van der Waals surface area contributed by atoms with Crippen LogP contribution in [0.15, 0.2) is 53.1 Å². The molecule has 4 unspecified atom stereocenters. The number of anilines is 1. The molecule has 4 aliphatic carbocycles. The molecule has 3 aromatic rings. The standard InChI is InChI=1S/C43H54N8O9/c1-23-24(2)60-48-35(23)51(31-9-7-19-49(31)42(36(54)46-38(56)57)27-15-11-25(12-16-27)21-29(33(44)52)40(42,3)4)32-10-8-20-50(32)43(37(55)47-39(58)59)28-17-13-26(14-18-28)22-30(34(45)53)41(43,5)6/h11-18,29-32H,7-10,19-22H2,1-6H3,(H2,44,52)(H2,45,53)(H,46,54)(H,47,55)(H,56,57)(H,58,59)/t29?,30?,31?,32?,42-,43-/m0/s1. The molecule has 3 heterocycles. The minimum Gasteiger partial charge on any atom is -0.465 e. The summed E-state index contributed by atoms with van der Waals surface area (Å²) in [6.07, 6.45) is -2.48. The lowest BCUT2D eigenvalue weighted by atomic mass is 9.57. The van der Waals surface area contributed by atoms with Gasteiger partial charge in [-0.3, -0.25) is 39.6 Å². The Hall–Kier alpha value is -5.81. The van der Waals surface area contributed by atoms with E-state index in [9.17, 15) is 29.4 Å². The number of hydrogen-bond donors (Lipinski definition) is 6. The third-order valence-corrected chi connectivity index (χ3v) is 14.3. The van der Waals surface area contributed by atoms with Gasteiger partial charge < -0.3 is 31.1 Å². The molecule has 2 fully saturated rings. The first-order chi connectivity index (χ1) is 28.2. The molecule has 17 heteroatoms. The van der Waals surface area contributed by atoms with Crippen molar-refractivity contribution in [1.82, 2.24) is 25.6 Å². The summed E-state index contributed by atoms with van der Waals surface area (Å²) in [7, 11) is 0. The Labute approximate surface area is 347 Å². The van der Waals surface area contributed by atoms with Gasteiger partial charge in [-0.25, -0.2) is 9.59 Å². The van der Waals surface area contributed by atoms with Gasteiger partial charge in [-0.1, -0.05) is 81.4 Å². The number of rotatable bonds is 9. The van der Waals surface area contributed by atoms with Gasteiger partial charge in [-0.2, -0.15) is 0 Å². The number of aromatic nitrogens is 1. The van der Waals surface area contributed by atoms with Crippen molar-refractivity contribution >= 4 is 41.6 Å². The van der Waals surface area contributed by atoms with E-state index in [1.54, 1.807) is 58.9 Å². The largest absolute Gasteiger partial charge is 0.465 e. The molecule has 2 aromatic carbocycles. The van der Waals surface area contributed by atoms with Crippen molar-refractivity contribution in [3.8, 4) is 0 Å². The molecule has 320 valence electrons. The third kappa shape index (κ3) is 6.14. The number of primary amides is 2. The fourth-order valence-electron chi connectivity index (χ4n) is 11.4. The van der Waals surface area contributed by atoms with Crippen LogP contribution in [0.3, 0.4) is 0 Å². The zero-order valence-corrected chi connectivity index (χ0v) is 34.8. The molecule has 0 spiro atoms. The number of nitrogens with zero attached hydrogens (tertiary/aromatic N) is 4. The number of likely N-dealkylation sites (tertiary alicyclic amines) is 2. The molecular weight excluding hydrogens is 773 g/mol. The van der Waals surface area contributed by atoms with Crippen LogP contribution in [-0.4, -0.2) is 86.4 Å². The Morgan fingerprint density at radius 1 is 0.700 bits per heavy atom. The SMILES string of the molecule is Cc1onc(N(C2CCCN2[C@]2(C(=O)NC(=O)O)c3ccc(cc3)CC(C(N)=O)C2(C)C)C2CCCN2[C@]2(C(=O)NC(=O)O)c3ccc(cc3)CC(C(N)=O)C2(C)C)c1C. The molecule has 6 atom stereocenters. The molecule has 2 saturated heterocycles. The lowest BCUT2D eigenvalue weighted by Gasteiger charge is -2.59. The van der Waals surface area contributed by atoms with Crippen LogP contribution < -0.4 is 27.0 Å². The van der Waals surface area contributed by atoms with Crippen LogP contribution in [-0.2, 0) is 43.1 Å². The van der Waals surface area contributed by atoms with Crippen molar-refractivity contribution < 1.29 is 43.5 Å². The summed E-state index contributed by atoms with van der Waals surface area (Å²) in [6.45, 7) is 11.2. The summed E-state index contributed by atoms with van der Waals surface area (Å²) in [5.74, 6) is -4.01. The van der Waals surface area contributed by atoms with E-state index in [1.165, 1.54) is 0 Å². The predicted molar refractivity (Wildman–Crippen MR) is 217 cm³/mol. The topological polar surface area (TPSA) is 255 Å². The molecule has 8 N–H and O–H groups in total. The maximum Gasteiger partial charge on any atom is 0.411 e. The number of carbonyl (C=O) groups excluding carboxylic acids is 4. The molecule has 60 heavy (non-hydrogen) atoms. The monoisotopic (exact) mass is 826 g/mol. The van der Waals surface area contributed by atoms with E-state index in [0.717, 1.165) is 11.1 Å². The summed E-state index contributed by atoms with van der Waals surface area (Å²) in [5, 5.41) is 29.2. The summed E-state index contributed by atoms with van der Waals surface area (Å²) in [6, 6.07) is 14.4. The van der Waals surface area contributed by atoms with Gasteiger partial charge >= 0.3 is 12.2 Å². The summed E-state index contributed by atoms with van der Waals surface area (Å²) in [4.78, 5) is 88.1. The lowest BCUT2D eigenvalue weighted by molar-refractivity contribution is -0.156. The second-order valence-corrected chi connectivity index (χ2v) is 17.8. The van der Waals surface area contributed by atoms with Crippen molar-refractivity contribution in [1.29, 1.82) is 0 Å². The fourth-order valence-corrected chi connectivity index (χ4v) is 11.4. The second kappa shape index (κ2) is 15.0. The number of carbonyl (C=O) groups is 6. The van der Waals surface area contributed by atoms with E-state index < -0.39 is 81.9 Å². The quantitative estimate of drug-likeness (QED) is 0.180. The molecule has 1 aromatic heterocycles.